The molecule has 7 fully saturated rings. The lowest BCUT2D eigenvalue weighted by atomic mass is 9.38. The van der Waals surface area contributed by atoms with Crippen molar-refractivity contribution in [3.05, 3.63) is 0 Å². The van der Waals surface area contributed by atoms with Crippen molar-refractivity contribution in [1.29, 1.82) is 0 Å². The van der Waals surface area contributed by atoms with Gasteiger partial charge in [0.2, 0.25) is 0 Å². The summed E-state index contributed by atoms with van der Waals surface area (Å²) in [5, 5.41) is 0. The quantitative estimate of drug-likeness (QED) is 0.419. The molecule has 7 saturated carbocycles. The molecule has 0 aromatic carbocycles. The third-order valence-electron chi connectivity index (χ3n) is 13.2. The molecule has 0 bridgehead atoms. The summed E-state index contributed by atoms with van der Waals surface area (Å²) in [4.78, 5) is 0. The molecule has 7 aliphatic rings. The Morgan fingerprint density at radius 2 is 0.821 bits per heavy atom. The van der Waals surface area contributed by atoms with Gasteiger partial charge in [-0.05, 0) is 146 Å². The van der Waals surface area contributed by atoms with Crippen LogP contribution in [0.5, 0.6) is 0 Å². The summed E-state index contributed by atoms with van der Waals surface area (Å²) in [6.45, 7) is 10.7. The molecule has 156 valence electrons. The lowest BCUT2D eigenvalue weighted by Crippen LogP contribution is -2.61. The molecule has 7 aliphatic carbocycles. The summed E-state index contributed by atoms with van der Waals surface area (Å²) < 4.78 is 0. The lowest BCUT2D eigenvalue weighted by Gasteiger charge is -2.66. The molecule has 0 N–H and O–H groups in total. The van der Waals surface area contributed by atoms with E-state index in [1.165, 1.54) is 11.8 Å². The van der Waals surface area contributed by atoms with E-state index in [1.54, 1.807) is 51.4 Å². The molecule has 0 aliphatic heterocycles. The first-order chi connectivity index (χ1) is 13.6. The number of fused-ring (bicyclic) bond motifs is 2. The molecule has 0 saturated heterocycles. The van der Waals surface area contributed by atoms with Crippen molar-refractivity contribution < 1.29 is 0 Å². The lowest BCUT2D eigenvalue weighted by molar-refractivity contribution is -0.185. The minimum absolute atomic E-state index is 0.992. The van der Waals surface area contributed by atoms with Crippen LogP contribution in [0.3, 0.4) is 0 Å². The van der Waals surface area contributed by atoms with Gasteiger partial charge in [0, 0.05) is 0 Å². The zero-order chi connectivity index (χ0) is 18.9. The maximum Gasteiger partial charge on any atom is -0.0313 e. The molecular formula is C28H44. The molecule has 0 heterocycles. The Hall–Kier alpha value is 0. The second-order valence-corrected chi connectivity index (χ2v) is 13.5. The Morgan fingerprint density at radius 3 is 1.32 bits per heavy atom. The molecule has 0 aromatic rings. The topological polar surface area (TPSA) is 0 Å². The van der Waals surface area contributed by atoms with Gasteiger partial charge in [0.25, 0.3) is 0 Å². The van der Waals surface area contributed by atoms with E-state index in [4.69, 9.17) is 0 Å². The van der Waals surface area contributed by atoms with E-state index in [0.717, 1.165) is 82.9 Å². The Balaban J connectivity index is 1.34. The van der Waals surface area contributed by atoms with Crippen LogP contribution in [0.2, 0.25) is 0 Å². The van der Waals surface area contributed by atoms with E-state index in [1.807, 2.05) is 0 Å². The van der Waals surface area contributed by atoms with Gasteiger partial charge in [0.05, 0.1) is 0 Å². The normalized spacial score (nSPS) is 69.0. The van der Waals surface area contributed by atoms with Crippen LogP contribution in [-0.2, 0) is 0 Å². The zero-order valence-corrected chi connectivity index (χ0v) is 18.9. The van der Waals surface area contributed by atoms with Gasteiger partial charge in [-0.25, -0.2) is 0 Å². The average molecular weight is 381 g/mol. The molecule has 0 heteroatoms. The minimum atomic E-state index is 0.992. The van der Waals surface area contributed by atoms with E-state index in [-0.39, 0.29) is 0 Å². The Morgan fingerprint density at radius 1 is 0.393 bits per heavy atom. The summed E-state index contributed by atoms with van der Waals surface area (Å²) in [5.41, 5.74) is 0. The highest BCUT2D eigenvalue weighted by Crippen LogP contribution is 2.73. The molecule has 12 unspecified atom stereocenters. The second kappa shape index (κ2) is 5.82. The molecule has 0 amide bonds. The summed E-state index contributed by atoms with van der Waals surface area (Å²) in [5.74, 6) is 17.6. The predicted octanol–water partition coefficient (Wildman–Crippen LogP) is 7.14. The van der Waals surface area contributed by atoms with Crippen molar-refractivity contribution in [2.24, 2.45) is 94.7 Å². The summed E-state index contributed by atoms with van der Waals surface area (Å²) in [6, 6.07) is 0. The smallest absolute Gasteiger partial charge is 0.0313 e. The van der Waals surface area contributed by atoms with Crippen LogP contribution in [-0.4, -0.2) is 0 Å². The van der Waals surface area contributed by atoms with Gasteiger partial charge in [-0.15, -0.1) is 0 Å². The number of hydrogen-bond acceptors (Lipinski definition) is 0. The van der Waals surface area contributed by atoms with Gasteiger partial charge in [0.1, 0.15) is 0 Å². The average Bonchev–Trinajstić information content (AvgIpc) is 3.22. The van der Waals surface area contributed by atoms with Crippen molar-refractivity contribution in [2.75, 3.05) is 0 Å². The summed E-state index contributed by atoms with van der Waals surface area (Å²) in [7, 11) is 0. The fourth-order valence-electron chi connectivity index (χ4n) is 12.8. The Kier molecular flexibility index (Phi) is 3.67. The van der Waals surface area contributed by atoms with Crippen molar-refractivity contribution in [3.8, 4) is 0 Å². The monoisotopic (exact) mass is 380 g/mol. The largest absolute Gasteiger partial charge is 0.0622 e. The minimum Gasteiger partial charge on any atom is -0.0622 e. The first-order valence-corrected chi connectivity index (χ1v) is 13.6. The SMILES string of the molecule is CC1CC2C3CCC4CCC5CCC(C6CC(C)C7C(C)C(C)C1C7C26)C3C45. The van der Waals surface area contributed by atoms with Crippen LogP contribution in [0, 0.1) is 94.7 Å². The van der Waals surface area contributed by atoms with Gasteiger partial charge < -0.3 is 0 Å². The molecule has 7 rings (SSSR count). The summed E-state index contributed by atoms with van der Waals surface area (Å²) >= 11 is 0. The van der Waals surface area contributed by atoms with Gasteiger partial charge in [-0.1, -0.05) is 27.7 Å². The van der Waals surface area contributed by atoms with Crippen molar-refractivity contribution in [2.45, 2.75) is 79.1 Å². The fourth-order valence-corrected chi connectivity index (χ4v) is 12.8. The van der Waals surface area contributed by atoms with Crippen LogP contribution in [0.15, 0.2) is 0 Å². The zero-order valence-electron chi connectivity index (χ0n) is 18.9. The van der Waals surface area contributed by atoms with Crippen LogP contribution >= 0.6 is 0 Å². The first-order valence-electron chi connectivity index (χ1n) is 13.6. The van der Waals surface area contributed by atoms with E-state index in [0.29, 0.717) is 0 Å². The third kappa shape index (κ3) is 1.96. The first kappa shape index (κ1) is 17.7. The Bertz CT molecular complexity index is 598. The van der Waals surface area contributed by atoms with Crippen molar-refractivity contribution >= 4 is 0 Å². The van der Waals surface area contributed by atoms with E-state index in [2.05, 4.69) is 27.7 Å². The van der Waals surface area contributed by atoms with Gasteiger partial charge >= 0.3 is 0 Å². The molecular weight excluding hydrogens is 336 g/mol. The van der Waals surface area contributed by atoms with Gasteiger partial charge in [-0.3, -0.25) is 0 Å². The number of hydrogen-bond donors (Lipinski definition) is 0. The highest BCUT2D eigenvalue weighted by molar-refractivity contribution is 5.15. The Labute approximate surface area is 174 Å². The van der Waals surface area contributed by atoms with Gasteiger partial charge in [0.15, 0.2) is 0 Å². The van der Waals surface area contributed by atoms with Gasteiger partial charge in [-0.2, -0.15) is 0 Å². The third-order valence-corrected chi connectivity index (χ3v) is 13.2. The highest BCUT2D eigenvalue weighted by atomic mass is 14.7. The molecule has 0 radical (unpaired) electrons. The van der Waals surface area contributed by atoms with Crippen molar-refractivity contribution in [3.63, 3.8) is 0 Å². The van der Waals surface area contributed by atoms with E-state index >= 15 is 0 Å². The molecule has 28 heavy (non-hydrogen) atoms. The van der Waals surface area contributed by atoms with Crippen molar-refractivity contribution in [1.82, 2.24) is 0 Å². The molecule has 0 aromatic heterocycles. The second-order valence-electron chi connectivity index (χ2n) is 13.5. The van der Waals surface area contributed by atoms with E-state index in [9.17, 15) is 0 Å². The molecule has 0 spiro atoms. The highest BCUT2D eigenvalue weighted by Gasteiger charge is 2.67. The van der Waals surface area contributed by atoms with Crippen LogP contribution in [0.25, 0.3) is 0 Å². The maximum absolute atomic E-state index is 2.69. The molecule has 0 nitrogen and oxygen atoms in total. The van der Waals surface area contributed by atoms with Crippen LogP contribution in [0.1, 0.15) is 79.1 Å². The predicted molar refractivity (Wildman–Crippen MR) is 115 cm³/mol. The van der Waals surface area contributed by atoms with E-state index < -0.39 is 0 Å². The number of rotatable bonds is 0. The summed E-state index contributed by atoms with van der Waals surface area (Å²) in [6.07, 6.45) is 13.0. The maximum atomic E-state index is 2.69. The van der Waals surface area contributed by atoms with Crippen LogP contribution < -0.4 is 0 Å². The fraction of sp³-hybridized carbons (Fsp3) is 1.00. The standard InChI is InChI=1S/C28H44/c1-13-11-21-19-9-7-17-5-6-18-8-10-20(26(19)25(17)18)22-12-14(2)24-16(4)15(3)23(13)28(24)27(21)22/h13-28H,5-12H2,1-4H3. The molecule has 12 atom stereocenters. The van der Waals surface area contributed by atoms with Crippen LogP contribution in [0.4, 0.5) is 0 Å².